The number of carbonyl (C=O) groups is 1. The second-order valence-electron chi connectivity index (χ2n) is 5.16. The fourth-order valence-electron chi connectivity index (χ4n) is 2.41. The minimum atomic E-state index is -0.226. The molecule has 0 bridgehead atoms. The van der Waals surface area contributed by atoms with Gasteiger partial charge in [-0.05, 0) is 38.3 Å². The Morgan fingerprint density at radius 3 is 2.24 bits per heavy atom. The minimum Gasteiger partial charge on any atom is -0.370 e. The van der Waals surface area contributed by atoms with Gasteiger partial charge in [0.1, 0.15) is 0 Å². The molecule has 1 aromatic rings. The van der Waals surface area contributed by atoms with Crippen molar-refractivity contribution in [1.82, 2.24) is 4.90 Å². The third-order valence-electron chi connectivity index (χ3n) is 3.51. The van der Waals surface area contributed by atoms with Crippen LogP contribution in [0.1, 0.15) is 37.8 Å². The zero-order valence-corrected chi connectivity index (χ0v) is 13.4. The van der Waals surface area contributed by atoms with Gasteiger partial charge in [0.2, 0.25) is 0 Å². The Bertz CT molecular complexity index is 493. The largest absolute Gasteiger partial charge is 0.370 e. The lowest BCUT2D eigenvalue weighted by Crippen LogP contribution is -2.49. The molecule has 0 aliphatic heterocycles. The predicted molar refractivity (Wildman–Crippen MR) is 87.9 cm³/mol. The topological polar surface area (TPSA) is 73.4 Å². The Morgan fingerprint density at radius 2 is 1.81 bits per heavy atom. The molecule has 0 fully saturated rings. The molecule has 1 aromatic carbocycles. The molecular weight excluding hydrogens is 264 g/mol. The van der Waals surface area contributed by atoms with Gasteiger partial charge in [0, 0.05) is 13.1 Å². The summed E-state index contributed by atoms with van der Waals surface area (Å²) in [6.07, 6.45) is 1.91. The lowest BCUT2D eigenvalue weighted by atomic mass is 10.1. The van der Waals surface area contributed by atoms with Crippen LogP contribution in [0.4, 0.5) is 10.5 Å². The molecule has 0 radical (unpaired) electrons. The molecule has 0 unspecified atom stereocenters. The summed E-state index contributed by atoms with van der Waals surface area (Å²) in [6, 6.07) is 5.76. The first-order valence-electron chi connectivity index (χ1n) is 7.43. The van der Waals surface area contributed by atoms with Crippen LogP contribution in [0, 0.1) is 19.3 Å². The third-order valence-corrected chi connectivity index (χ3v) is 3.51. The number of nitrogens with two attached hydrogens (primary N) is 1. The molecule has 5 heteroatoms. The van der Waals surface area contributed by atoms with E-state index in [0.29, 0.717) is 13.1 Å². The molecule has 2 amide bonds. The van der Waals surface area contributed by atoms with E-state index in [9.17, 15) is 4.79 Å². The average molecular weight is 290 g/mol. The Hall–Kier alpha value is -2.04. The van der Waals surface area contributed by atoms with Gasteiger partial charge in [0.05, 0.1) is 5.69 Å². The standard InChI is InChI=1S/C16H26N4O/c1-5-7-11-20(16(21)19(6-2)15(17)18)14-12(3)9-8-10-13(14)4/h8-10H,5-7,11H2,1-4H3,(H3,17,18). The quantitative estimate of drug-likeness (QED) is 0.645. The highest BCUT2D eigenvalue weighted by atomic mass is 16.2. The lowest BCUT2D eigenvalue weighted by molar-refractivity contribution is 0.227. The zero-order chi connectivity index (χ0) is 16.0. The monoisotopic (exact) mass is 290 g/mol. The van der Waals surface area contributed by atoms with Crippen molar-refractivity contribution < 1.29 is 4.79 Å². The van der Waals surface area contributed by atoms with Crippen molar-refractivity contribution in [2.75, 3.05) is 18.0 Å². The van der Waals surface area contributed by atoms with E-state index in [4.69, 9.17) is 11.1 Å². The molecule has 0 saturated carbocycles. The number of benzene rings is 1. The van der Waals surface area contributed by atoms with Gasteiger partial charge < -0.3 is 5.73 Å². The van der Waals surface area contributed by atoms with Crippen LogP contribution < -0.4 is 10.6 Å². The molecule has 0 spiro atoms. The maximum absolute atomic E-state index is 12.8. The maximum Gasteiger partial charge on any atom is 0.331 e. The highest BCUT2D eigenvalue weighted by Crippen LogP contribution is 2.26. The predicted octanol–water partition coefficient (Wildman–Crippen LogP) is 3.25. The fourth-order valence-corrected chi connectivity index (χ4v) is 2.41. The second kappa shape index (κ2) is 7.67. The van der Waals surface area contributed by atoms with Crippen molar-refractivity contribution in [3.05, 3.63) is 29.3 Å². The fraction of sp³-hybridized carbons (Fsp3) is 0.500. The number of hydrogen-bond acceptors (Lipinski definition) is 2. The molecule has 0 atom stereocenters. The van der Waals surface area contributed by atoms with Gasteiger partial charge in [0.25, 0.3) is 0 Å². The Kier molecular flexibility index (Phi) is 6.21. The number of aryl methyl sites for hydroxylation is 2. The number of anilines is 1. The number of para-hydroxylation sites is 1. The molecule has 3 N–H and O–H groups in total. The summed E-state index contributed by atoms with van der Waals surface area (Å²) < 4.78 is 0. The lowest BCUT2D eigenvalue weighted by Gasteiger charge is -2.31. The van der Waals surface area contributed by atoms with E-state index in [0.717, 1.165) is 29.7 Å². The number of guanidine groups is 1. The van der Waals surface area contributed by atoms with Crippen molar-refractivity contribution in [2.45, 2.75) is 40.5 Å². The summed E-state index contributed by atoms with van der Waals surface area (Å²) in [5, 5.41) is 7.58. The first kappa shape index (κ1) is 17.0. The number of carbonyl (C=O) groups excluding carboxylic acids is 1. The number of nitrogens with one attached hydrogen (secondary N) is 1. The van der Waals surface area contributed by atoms with Crippen LogP contribution in [-0.4, -0.2) is 30.0 Å². The summed E-state index contributed by atoms with van der Waals surface area (Å²) in [7, 11) is 0. The molecule has 0 heterocycles. The number of urea groups is 1. The van der Waals surface area contributed by atoms with Crippen LogP contribution in [0.5, 0.6) is 0 Å². The summed E-state index contributed by atoms with van der Waals surface area (Å²) in [5.74, 6) is -0.213. The van der Waals surface area contributed by atoms with Crippen LogP contribution in [-0.2, 0) is 0 Å². The molecule has 5 nitrogen and oxygen atoms in total. The van der Waals surface area contributed by atoms with Crippen LogP contribution >= 0.6 is 0 Å². The van der Waals surface area contributed by atoms with E-state index < -0.39 is 0 Å². The number of hydrogen-bond donors (Lipinski definition) is 2. The molecule has 0 saturated heterocycles. The second-order valence-corrected chi connectivity index (χ2v) is 5.16. The van der Waals surface area contributed by atoms with Gasteiger partial charge in [0.15, 0.2) is 5.96 Å². The third kappa shape index (κ3) is 3.97. The molecule has 0 aliphatic rings. The van der Waals surface area contributed by atoms with Crippen molar-refractivity contribution in [3.8, 4) is 0 Å². The number of rotatable bonds is 5. The Morgan fingerprint density at radius 1 is 1.24 bits per heavy atom. The van der Waals surface area contributed by atoms with Gasteiger partial charge in [-0.1, -0.05) is 31.5 Å². The first-order chi connectivity index (χ1) is 9.93. The van der Waals surface area contributed by atoms with E-state index in [1.165, 1.54) is 4.90 Å². The van der Waals surface area contributed by atoms with Crippen molar-refractivity contribution in [3.63, 3.8) is 0 Å². The Labute approximate surface area is 127 Å². The van der Waals surface area contributed by atoms with Crippen LogP contribution in [0.2, 0.25) is 0 Å². The van der Waals surface area contributed by atoms with E-state index in [-0.39, 0.29) is 12.0 Å². The number of unbranched alkanes of at least 4 members (excludes halogenated alkanes) is 1. The highest BCUT2D eigenvalue weighted by molar-refractivity contribution is 6.03. The van der Waals surface area contributed by atoms with Gasteiger partial charge >= 0.3 is 6.03 Å². The zero-order valence-electron chi connectivity index (χ0n) is 13.4. The average Bonchev–Trinajstić information content (AvgIpc) is 2.42. The first-order valence-corrected chi connectivity index (χ1v) is 7.43. The van der Waals surface area contributed by atoms with Crippen LogP contribution in [0.15, 0.2) is 18.2 Å². The normalized spacial score (nSPS) is 10.3. The van der Waals surface area contributed by atoms with E-state index >= 15 is 0 Å². The number of nitrogens with zero attached hydrogens (tertiary/aromatic N) is 2. The van der Waals surface area contributed by atoms with E-state index in [1.54, 1.807) is 4.90 Å². The van der Waals surface area contributed by atoms with Gasteiger partial charge in [-0.15, -0.1) is 0 Å². The molecule has 0 aromatic heterocycles. The number of amides is 2. The molecule has 21 heavy (non-hydrogen) atoms. The van der Waals surface area contributed by atoms with Gasteiger partial charge in [-0.25, -0.2) is 4.79 Å². The summed E-state index contributed by atoms with van der Waals surface area (Å²) in [4.78, 5) is 15.8. The Balaban J connectivity index is 3.22. The van der Waals surface area contributed by atoms with Crippen LogP contribution in [0.3, 0.4) is 0 Å². The highest BCUT2D eigenvalue weighted by Gasteiger charge is 2.24. The molecular formula is C16H26N4O. The van der Waals surface area contributed by atoms with Crippen LogP contribution in [0.25, 0.3) is 0 Å². The smallest absolute Gasteiger partial charge is 0.331 e. The summed E-state index contributed by atoms with van der Waals surface area (Å²) >= 11 is 0. The van der Waals surface area contributed by atoms with Gasteiger partial charge in [-0.3, -0.25) is 15.2 Å². The molecule has 0 aliphatic carbocycles. The minimum absolute atomic E-state index is 0.213. The maximum atomic E-state index is 12.8. The van der Waals surface area contributed by atoms with E-state index in [1.807, 2.05) is 39.0 Å². The van der Waals surface area contributed by atoms with Gasteiger partial charge in [-0.2, -0.15) is 0 Å². The molecule has 1 rings (SSSR count). The van der Waals surface area contributed by atoms with E-state index in [2.05, 4.69) is 6.92 Å². The van der Waals surface area contributed by atoms with Crippen molar-refractivity contribution in [2.24, 2.45) is 5.73 Å². The molecule has 116 valence electrons. The van der Waals surface area contributed by atoms with Crippen molar-refractivity contribution >= 4 is 17.7 Å². The summed E-state index contributed by atoms with van der Waals surface area (Å²) in [6.45, 7) is 8.93. The SMILES string of the molecule is CCCCN(C(=O)N(CC)C(=N)N)c1c(C)cccc1C. The summed E-state index contributed by atoms with van der Waals surface area (Å²) in [5.41, 5.74) is 8.57. The van der Waals surface area contributed by atoms with Crippen molar-refractivity contribution in [1.29, 1.82) is 5.41 Å².